The third-order valence-corrected chi connectivity index (χ3v) is 5.21. The first-order chi connectivity index (χ1) is 8.16. The Labute approximate surface area is 121 Å². The highest BCUT2D eigenvalue weighted by molar-refractivity contribution is 6.30. The van der Waals surface area contributed by atoms with Gasteiger partial charge in [-0.25, -0.2) is 0 Å². The second-order valence-electron chi connectivity index (χ2n) is 5.72. The highest BCUT2D eigenvalue weighted by Crippen LogP contribution is 2.45. The van der Waals surface area contributed by atoms with Crippen molar-refractivity contribution in [1.29, 1.82) is 0 Å². The number of benzene rings is 1. The molecule has 4 atom stereocenters. The van der Waals surface area contributed by atoms with Crippen LogP contribution in [0.4, 0.5) is 0 Å². The quantitative estimate of drug-likeness (QED) is 0.742. The van der Waals surface area contributed by atoms with Crippen molar-refractivity contribution in [3.63, 3.8) is 0 Å². The van der Waals surface area contributed by atoms with E-state index in [4.69, 9.17) is 11.6 Å². The zero-order valence-electron chi connectivity index (χ0n) is 11.0. The van der Waals surface area contributed by atoms with Crippen molar-refractivity contribution in [2.45, 2.75) is 44.2 Å². The number of rotatable bonds is 1. The van der Waals surface area contributed by atoms with Crippen molar-refractivity contribution in [2.24, 2.45) is 5.92 Å². The predicted octanol–water partition coefficient (Wildman–Crippen LogP) is 4.35. The monoisotopic (exact) mass is 285 g/mol. The molecule has 0 aromatic heterocycles. The van der Waals surface area contributed by atoms with Gasteiger partial charge in [-0.2, -0.15) is 0 Å². The Kier molecular flexibility index (Phi) is 4.25. The Bertz CT molecular complexity index is 403. The standard InChI is InChI=1S/C15H20ClN.ClH/c1-10-14(11-3-5-12(16)6-4-11)9-13-7-8-15(10)17(13)2;/h3-6,10,13-15H,7-9H2,1-2H3;1H. The van der Waals surface area contributed by atoms with E-state index in [1.54, 1.807) is 0 Å². The Hall–Kier alpha value is -0.240. The minimum absolute atomic E-state index is 0. The Balaban J connectivity index is 0.00000120. The van der Waals surface area contributed by atoms with E-state index in [-0.39, 0.29) is 12.4 Å². The molecule has 2 bridgehead atoms. The lowest BCUT2D eigenvalue weighted by Crippen LogP contribution is -2.44. The number of hydrogen-bond donors (Lipinski definition) is 0. The molecular weight excluding hydrogens is 265 g/mol. The van der Waals surface area contributed by atoms with Crippen LogP contribution in [0.15, 0.2) is 24.3 Å². The molecule has 0 amide bonds. The van der Waals surface area contributed by atoms with Crippen molar-refractivity contribution in [2.75, 3.05) is 7.05 Å². The normalized spacial score (nSPS) is 35.3. The molecule has 0 saturated carbocycles. The first-order valence-electron chi connectivity index (χ1n) is 6.64. The minimum Gasteiger partial charge on any atom is -0.300 e. The predicted molar refractivity (Wildman–Crippen MR) is 79.8 cm³/mol. The van der Waals surface area contributed by atoms with Crippen molar-refractivity contribution in [1.82, 2.24) is 4.90 Å². The van der Waals surface area contributed by atoms with Gasteiger partial charge in [0.25, 0.3) is 0 Å². The first kappa shape index (κ1) is 14.2. The maximum Gasteiger partial charge on any atom is 0.0406 e. The molecule has 0 N–H and O–H groups in total. The van der Waals surface area contributed by atoms with Gasteiger partial charge in [0.1, 0.15) is 0 Å². The number of nitrogens with zero attached hydrogens (tertiary/aromatic N) is 1. The molecule has 0 spiro atoms. The number of hydrogen-bond acceptors (Lipinski definition) is 1. The van der Waals surface area contributed by atoms with Crippen LogP contribution in [0, 0.1) is 5.92 Å². The molecule has 1 nitrogen and oxygen atoms in total. The summed E-state index contributed by atoms with van der Waals surface area (Å²) < 4.78 is 0. The van der Waals surface area contributed by atoms with Gasteiger partial charge in [0.2, 0.25) is 0 Å². The van der Waals surface area contributed by atoms with Gasteiger partial charge in [-0.3, -0.25) is 0 Å². The Morgan fingerprint density at radius 2 is 1.83 bits per heavy atom. The van der Waals surface area contributed by atoms with E-state index in [2.05, 4.69) is 31.0 Å². The highest BCUT2D eigenvalue weighted by atomic mass is 35.5. The third kappa shape index (κ3) is 2.29. The summed E-state index contributed by atoms with van der Waals surface area (Å²) in [6.45, 7) is 2.42. The van der Waals surface area contributed by atoms with Crippen LogP contribution in [-0.2, 0) is 0 Å². The highest BCUT2D eigenvalue weighted by Gasteiger charge is 2.43. The van der Waals surface area contributed by atoms with Gasteiger partial charge in [0.15, 0.2) is 0 Å². The van der Waals surface area contributed by atoms with E-state index >= 15 is 0 Å². The smallest absolute Gasteiger partial charge is 0.0406 e. The summed E-state index contributed by atoms with van der Waals surface area (Å²) in [5.74, 6) is 1.49. The topological polar surface area (TPSA) is 3.24 Å². The molecule has 3 heteroatoms. The van der Waals surface area contributed by atoms with E-state index in [1.807, 2.05) is 12.1 Å². The minimum atomic E-state index is 0. The van der Waals surface area contributed by atoms with Gasteiger partial charge in [0, 0.05) is 17.1 Å². The molecule has 2 aliphatic rings. The fourth-order valence-corrected chi connectivity index (χ4v) is 4.01. The van der Waals surface area contributed by atoms with E-state index in [0.717, 1.165) is 28.9 Å². The fourth-order valence-electron chi connectivity index (χ4n) is 3.88. The molecule has 2 aliphatic heterocycles. The second-order valence-corrected chi connectivity index (χ2v) is 6.15. The molecule has 1 aromatic carbocycles. The zero-order chi connectivity index (χ0) is 12.0. The van der Waals surface area contributed by atoms with E-state index in [1.165, 1.54) is 24.8 Å². The van der Waals surface area contributed by atoms with Crippen LogP contribution < -0.4 is 0 Å². The molecule has 1 aromatic rings. The van der Waals surface area contributed by atoms with Gasteiger partial charge < -0.3 is 4.90 Å². The lowest BCUT2D eigenvalue weighted by Gasteiger charge is -2.41. The van der Waals surface area contributed by atoms with Gasteiger partial charge in [-0.1, -0.05) is 30.7 Å². The second kappa shape index (κ2) is 5.40. The SMILES string of the molecule is CC1C(c2ccc(Cl)cc2)CC2CCC1N2C.Cl. The summed E-state index contributed by atoms with van der Waals surface area (Å²) in [6.07, 6.45) is 4.08. The summed E-state index contributed by atoms with van der Waals surface area (Å²) in [5, 5.41) is 0.845. The van der Waals surface area contributed by atoms with Crippen LogP contribution in [0.5, 0.6) is 0 Å². The molecule has 3 rings (SSSR count). The summed E-state index contributed by atoms with van der Waals surface area (Å²) in [6, 6.07) is 10.1. The summed E-state index contributed by atoms with van der Waals surface area (Å²) in [5.41, 5.74) is 1.48. The van der Waals surface area contributed by atoms with E-state index < -0.39 is 0 Å². The maximum absolute atomic E-state index is 5.97. The average Bonchev–Trinajstić information content (AvgIpc) is 2.58. The van der Waals surface area contributed by atoms with Crippen LogP contribution >= 0.6 is 24.0 Å². The fraction of sp³-hybridized carbons (Fsp3) is 0.600. The molecule has 0 radical (unpaired) electrons. The number of halogens is 2. The number of fused-ring (bicyclic) bond motifs is 2. The van der Waals surface area contributed by atoms with Crippen molar-refractivity contribution in [3.8, 4) is 0 Å². The zero-order valence-corrected chi connectivity index (χ0v) is 12.5. The lowest BCUT2D eigenvalue weighted by molar-refractivity contribution is 0.110. The van der Waals surface area contributed by atoms with Crippen LogP contribution in [0.3, 0.4) is 0 Å². The largest absolute Gasteiger partial charge is 0.300 e. The first-order valence-corrected chi connectivity index (χ1v) is 7.02. The molecule has 2 fully saturated rings. The molecule has 100 valence electrons. The maximum atomic E-state index is 5.97. The van der Waals surface area contributed by atoms with Gasteiger partial charge in [-0.15, -0.1) is 12.4 Å². The van der Waals surface area contributed by atoms with Crippen molar-refractivity contribution in [3.05, 3.63) is 34.9 Å². The summed E-state index contributed by atoms with van der Waals surface area (Å²) >= 11 is 5.97. The Morgan fingerprint density at radius 1 is 1.17 bits per heavy atom. The molecular formula is C15H21Cl2N. The van der Waals surface area contributed by atoms with E-state index in [0.29, 0.717) is 0 Å². The lowest BCUT2D eigenvalue weighted by atomic mass is 9.77. The molecule has 18 heavy (non-hydrogen) atoms. The summed E-state index contributed by atoms with van der Waals surface area (Å²) in [7, 11) is 2.30. The van der Waals surface area contributed by atoms with Gasteiger partial charge in [-0.05, 0) is 55.8 Å². The Morgan fingerprint density at radius 3 is 2.50 bits per heavy atom. The molecule has 0 aliphatic carbocycles. The van der Waals surface area contributed by atoms with Gasteiger partial charge in [0.05, 0.1) is 0 Å². The van der Waals surface area contributed by atoms with Gasteiger partial charge >= 0.3 is 0 Å². The average molecular weight is 286 g/mol. The van der Waals surface area contributed by atoms with Crippen LogP contribution in [0.1, 0.15) is 37.7 Å². The van der Waals surface area contributed by atoms with Crippen LogP contribution in [0.25, 0.3) is 0 Å². The summed E-state index contributed by atoms with van der Waals surface area (Å²) in [4.78, 5) is 2.61. The number of piperidine rings is 1. The molecule has 4 unspecified atom stereocenters. The third-order valence-electron chi connectivity index (χ3n) is 4.96. The van der Waals surface area contributed by atoms with Crippen LogP contribution in [-0.4, -0.2) is 24.0 Å². The molecule has 2 heterocycles. The van der Waals surface area contributed by atoms with Crippen molar-refractivity contribution >= 4 is 24.0 Å². The van der Waals surface area contributed by atoms with Crippen LogP contribution in [0.2, 0.25) is 5.02 Å². The molecule has 2 saturated heterocycles. The van der Waals surface area contributed by atoms with Crippen molar-refractivity contribution < 1.29 is 0 Å². The van der Waals surface area contributed by atoms with E-state index in [9.17, 15) is 0 Å².